The van der Waals surface area contributed by atoms with Gasteiger partial charge in [0.25, 0.3) is 0 Å². The van der Waals surface area contributed by atoms with E-state index in [1.54, 1.807) is 0 Å². The average molecular weight is 325 g/mol. The normalized spacial score (nSPS) is 12.6. The Balaban J connectivity index is 2.59. The lowest BCUT2D eigenvalue weighted by Gasteiger charge is -2.11. The summed E-state index contributed by atoms with van der Waals surface area (Å²) in [7, 11) is 0. The Morgan fingerprint density at radius 2 is 2.14 bits per heavy atom. The van der Waals surface area contributed by atoms with Gasteiger partial charge in [0.15, 0.2) is 0 Å². The molecule has 0 aromatic heterocycles. The highest BCUT2D eigenvalue weighted by atomic mass is 79.9. The molecule has 0 aliphatic carbocycles. The molecule has 0 amide bonds. The molecule has 78 valence electrons. The van der Waals surface area contributed by atoms with Gasteiger partial charge in [0.05, 0.1) is 4.47 Å². The fourth-order valence-corrected chi connectivity index (χ4v) is 2.01. The van der Waals surface area contributed by atoms with Gasteiger partial charge in [-0.2, -0.15) is 0 Å². The molecule has 1 unspecified atom stereocenters. The molecule has 0 saturated heterocycles. The summed E-state index contributed by atoms with van der Waals surface area (Å²) >= 11 is 6.69. The summed E-state index contributed by atoms with van der Waals surface area (Å²) in [6.07, 6.45) is -0.620. The van der Waals surface area contributed by atoms with E-state index in [2.05, 4.69) is 31.9 Å². The van der Waals surface area contributed by atoms with Crippen molar-refractivity contribution in [3.63, 3.8) is 0 Å². The van der Waals surface area contributed by atoms with Crippen LogP contribution < -0.4 is 10.5 Å². The van der Waals surface area contributed by atoms with Gasteiger partial charge in [-0.3, -0.25) is 0 Å². The summed E-state index contributed by atoms with van der Waals surface area (Å²) in [5.41, 5.74) is 5.25. The van der Waals surface area contributed by atoms with Crippen molar-refractivity contribution in [1.29, 1.82) is 0 Å². The summed E-state index contributed by atoms with van der Waals surface area (Å²) in [6.45, 7) is 0.408. The van der Waals surface area contributed by atoms with Crippen molar-refractivity contribution in [2.75, 3.05) is 13.2 Å². The topological polar surface area (TPSA) is 55.5 Å². The van der Waals surface area contributed by atoms with Gasteiger partial charge >= 0.3 is 0 Å². The Hall–Kier alpha value is -0.100. The number of rotatable bonds is 4. The van der Waals surface area contributed by atoms with Gasteiger partial charge in [-0.15, -0.1) is 0 Å². The monoisotopic (exact) mass is 323 g/mol. The Morgan fingerprint density at radius 3 is 2.71 bits per heavy atom. The highest BCUT2D eigenvalue weighted by molar-refractivity contribution is 9.11. The first-order valence-corrected chi connectivity index (χ1v) is 5.68. The zero-order valence-electron chi connectivity index (χ0n) is 7.41. The third-order valence-corrected chi connectivity index (χ3v) is 2.71. The molecule has 3 nitrogen and oxygen atoms in total. The van der Waals surface area contributed by atoms with Gasteiger partial charge in [0.2, 0.25) is 0 Å². The van der Waals surface area contributed by atoms with Crippen molar-refractivity contribution in [3.8, 4) is 5.75 Å². The lowest BCUT2D eigenvalue weighted by atomic mass is 10.3. The van der Waals surface area contributed by atoms with Crippen molar-refractivity contribution >= 4 is 31.9 Å². The van der Waals surface area contributed by atoms with E-state index in [1.807, 2.05) is 18.2 Å². The van der Waals surface area contributed by atoms with E-state index >= 15 is 0 Å². The van der Waals surface area contributed by atoms with E-state index < -0.39 is 6.10 Å². The zero-order chi connectivity index (χ0) is 10.6. The SMILES string of the molecule is NCC(O)COc1ccc(Br)cc1Br. The predicted octanol–water partition coefficient (Wildman–Crippen LogP) is 1.91. The summed E-state index contributed by atoms with van der Waals surface area (Å²) in [4.78, 5) is 0. The lowest BCUT2D eigenvalue weighted by Crippen LogP contribution is -2.26. The van der Waals surface area contributed by atoms with E-state index in [0.29, 0.717) is 5.75 Å². The van der Waals surface area contributed by atoms with Crippen LogP contribution in [0.4, 0.5) is 0 Å². The number of nitrogens with two attached hydrogens (primary N) is 1. The minimum absolute atomic E-state index is 0.203. The fraction of sp³-hybridized carbons (Fsp3) is 0.333. The lowest BCUT2D eigenvalue weighted by molar-refractivity contribution is 0.114. The van der Waals surface area contributed by atoms with Crippen molar-refractivity contribution in [1.82, 2.24) is 0 Å². The number of hydrogen-bond acceptors (Lipinski definition) is 3. The first kappa shape index (κ1) is 12.0. The minimum Gasteiger partial charge on any atom is -0.490 e. The van der Waals surface area contributed by atoms with Gasteiger partial charge in [0.1, 0.15) is 18.5 Å². The molecular formula is C9H11Br2NO2. The Bertz CT molecular complexity index is 307. The molecule has 1 aromatic rings. The second kappa shape index (κ2) is 5.70. The molecule has 1 aromatic carbocycles. The van der Waals surface area contributed by atoms with Crippen LogP contribution in [-0.4, -0.2) is 24.4 Å². The van der Waals surface area contributed by atoms with E-state index in [1.165, 1.54) is 0 Å². The number of hydrogen-bond donors (Lipinski definition) is 2. The van der Waals surface area contributed by atoms with Crippen molar-refractivity contribution in [2.24, 2.45) is 5.73 Å². The third-order valence-electron chi connectivity index (χ3n) is 1.60. The molecule has 1 atom stereocenters. The Kier molecular flexibility index (Phi) is 4.88. The molecule has 0 aliphatic heterocycles. The van der Waals surface area contributed by atoms with Crippen LogP contribution in [0.25, 0.3) is 0 Å². The number of aliphatic hydroxyl groups excluding tert-OH is 1. The third kappa shape index (κ3) is 3.57. The van der Waals surface area contributed by atoms with Crippen molar-refractivity contribution < 1.29 is 9.84 Å². The summed E-state index contributed by atoms with van der Waals surface area (Å²) in [5, 5.41) is 9.19. The van der Waals surface area contributed by atoms with Crippen molar-refractivity contribution in [2.45, 2.75) is 6.10 Å². The van der Waals surface area contributed by atoms with Crippen LogP contribution in [0.2, 0.25) is 0 Å². The standard InChI is InChI=1S/C9H11Br2NO2/c10-6-1-2-9(8(11)3-6)14-5-7(13)4-12/h1-3,7,13H,4-5,12H2. The molecule has 0 radical (unpaired) electrons. The maximum absolute atomic E-state index is 9.19. The summed E-state index contributed by atoms with van der Waals surface area (Å²) < 4.78 is 7.16. The summed E-state index contributed by atoms with van der Waals surface area (Å²) in [6, 6.07) is 5.57. The van der Waals surface area contributed by atoms with E-state index in [4.69, 9.17) is 10.5 Å². The molecule has 0 saturated carbocycles. The van der Waals surface area contributed by atoms with Crippen LogP contribution in [-0.2, 0) is 0 Å². The van der Waals surface area contributed by atoms with E-state index in [-0.39, 0.29) is 13.2 Å². The molecular weight excluding hydrogens is 314 g/mol. The highest BCUT2D eigenvalue weighted by Gasteiger charge is 2.05. The van der Waals surface area contributed by atoms with Crippen LogP contribution in [0.3, 0.4) is 0 Å². The van der Waals surface area contributed by atoms with Gasteiger partial charge in [0, 0.05) is 11.0 Å². The number of ether oxygens (including phenoxy) is 1. The molecule has 5 heteroatoms. The average Bonchev–Trinajstić information content (AvgIpc) is 2.16. The first-order valence-electron chi connectivity index (χ1n) is 4.09. The van der Waals surface area contributed by atoms with Gasteiger partial charge < -0.3 is 15.6 Å². The second-order valence-electron chi connectivity index (χ2n) is 2.78. The number of aliphatic hydroxyl groups is 1. The maximum atomic E-state index is 9.19. The van der Waals surface area contributed by atoms with Gasteiger partial charge in [-0.25, -0.2) is 0 Å². The van der Waals surface area contributed by atoms with Crippen molar-refractivity contribution in [3.05, 3.63) is 27.1 Å². The summed E-state index contributed by atoms with van der Waals surface area (Å²) in [5.74, 6) is 0.695. The van der Waals surface area contributed by atoms with Crippen LogP contribution in [0.15, 0.2) is 27.1 Å². The second-order valence-corrected chi connectivity index (χ2v) is 4.55. The Labute approximate surface area is 99.5 Å². The molecule has 14 heavy (non-hydrogen) atoms. The highest BCUT2D eigenvalue weighted by Crippen LogP contribution is 2.28. The zero-order valence-corrected chi connectivity index (χ0v) is 10.6. The largest absolute Gasteiger partial charge is 0.490 e. The molecule has 3 N–H and O–H groups in total. The Morgan fingerprint density at radius 1 is 1.43 bits per heavy atom. The maximum Gasteiger partial charge on any atom is 0.133 e. The quantitative estimate of drug-likeness (QED) is 0.889. The van der Waals surface area contributed by atoms with Crippen LogP contribution >= 0.6 is 31.9 Å². The first-order chi connectivity index (χ1) is 6.63. The molecule has 0 heterocycles. The molecule has 1 rings (SSSR count). The number of halogens is 2. The molecule has 0 fully saturated rings. The molecule has 0 bridgehead atoms. The minimum atomic E-state index is -0.620. The molecule has 0 aliphatic rings. The van der Waals surface area contributed by atoms with Crippen LogP contribution in [0.1, 0.15) is 0 Å². The number of benzene rings is 1. The molecule has 0 spiro atoms. The van der Waals surface area contributed by atoms with Crippen LogP contribution in [0, 0.1) is 0 Å². The predicted molar refractivity (Wildman–Crippen MR) is 62.4 cm³/mol. The van der Waals surface area contributed by atoms with Gasteiger partial charge in [-0.05, 0) is 34.1 Å². The van der Waals surface area contributed by atoms with E-state index in [9.17, 15) is 5.11 Å². The van der Waals surface area contributed by atoms with Gasteiger partial charge in [-0.1, -0.05) is 15.9 Å². The fourth-order valence-electron chi connectivity index (χ4n) is 0.846. The smallest absolute Gasteiger partial charge is 0.133 e. The van der Waals surface area contributed by atoms with Crippen LogP contribution in [0.5, 0.6) is 5.75 Å². The van der Waals surface area contributed by atoms with E-state index in [0.717, 1.165) is 8.95 Å².